The number of hydrogen-bond acceptors (Lipinski definition) is 4. The molecule has 1 atom stereocenters. The van der Waals surface area contributed by atoms with Crippen LogP contribution in [0.1, 0.15) is 16.7 Å². The predicted octanol–water partition coefficient (Wildman–Crippen LogP) is 3.30. The van der Waals surface area contributed by atoms with Crippen LogP contribution in [-0.2, 0) is 30.8 Å². The summed E-state index contributed by atoms with van der Waals surface area (Å²) in [4.78, 5) is 27.3. The molecule has 2 heterocycles. The van der Waals surface area contributed by atoms with Crippen molar-refractivity contribution in [2.24, 2.45) is 0 Å². The van der Waals surface area contributed by atoms with Crippen molar-refractivity contribution in [3.63, 3.8) is 0 Å². The van der Waals surface area contributed by atoms with Gasteiger partial charge in [-0.05, 0) is 42.8 Å². The van der Waals surface area contributed by atoms with E-state index in [-0.39, 0.29) is 12.1 Å². The Balaban J connectivity index is 1.72. The number of sulfone groups is 1. The molecule has 1 saturated heterocycles. The summed E-state index contributed by atoms with van der Waals surface area (Å²) in [6.45, 7) is 1.92. The molecule has 5 rings (SSSR count). The zero-order valence-corrected chi connectivity index (χ0v) is 18.0. The molecule has 0 bridgehead atoms. The molecule has 3 aromatic carbocycles. The van der Waals surface area contributed by atoms with Gasteiger partial charge in [-0.15, -0.1) is 0 Å². The third-order valence-electron chi connectivity index (χ3n) is 5.97. The van der Waals surface area contributed by atoms with Crippen molar-refractivity contribution in [1.29, 1.82) is 0 Å². The summed E-state index contributed by atoms with van der Waals surface area (Å²) < 4.78 is 40.4. The second-order valence-corrected chi connectivity index (χ2v) is 10.1. The first-order chi connectivity index (χ1) is 15.3. The van der Waals surface area contributed by atoms with E-state index in [2.05, 4.69) is 0 Å². The van der Waals surface area contributed by atoms with E-state index < -0.39 is 38.1 Å². The first kappa shape index (κ1) is 20.4. The summed E-state index contributed by atoms with van der Waals surface area (Å²) in [5, 5.41) is 0. The summed E-state index contributed by atoms with van der Waals surface area (Å²) in [6.07, 6.45) is 0. The summed E-state index contributed by atoms with van der Waals surface area (Å²) in [7, 11) is -4.21. The average molecular weight is 450 g/mol. The van der Waals surface area contributed by atoms with Crippen LogP contribution in [0.15, 0.2) is 72.8 Å². The highest BCUT2D eigenvalue weighted by molar-refractivity contribution is 7.94. The maximum absolute atomic E-state index is 13.9. The molecule has 3 aromatic rings. The molecule has 0 saturated carbocycles. The summed E-state index contributed by atoms with van der Waals surface area (Å²) in [5.41, 5.74) is 2.58. The monoisotopic (exact) mass is 450 g/mol. The van der Waals surface area contributed by atoms with E-state index in [0.717, 1.165) is 10.5 Å². The average Bonchev–Trinajstić information content (AvgIpc) is 3.13. The van der Waals surface area contributed by atoms with Crippen molar-refractivity contribution in [3.05, 3.63) is 95.3 Å². The molecule has 2 aliphatic heterocycles. The van der Waals surface area contributed by atoms with Gasteiger partial charge in [0.05, 0.1) is 12.2 Å². The van der Waals surface area contributed by atoms with Gasteiger partial charge in [0.15, 0.2) is 9.84 Å². The number of benzene rings is 3. The van der Waals surface area contributed by atoms with Gasteiger partial charge in [0.1, 0.15) is 11.6 Å². The fourth-order valence-electron chi connectivity index (χ4n) is 4.51. The van der Waals surface area contributed by atoms with Crippen molar-refractivity contribution in [2.45, 2.75) is 18.3 Å². The quantitative estimate of drug-likeness (QED) is 0.614. The van der Waals surface area contributed by atoms with Gasteiger partial charge in [0, 0.05) is 11.3 Å². The number of hydrogen-bond donors (Lipinski definition) is 0. The highest BCUT2D eigenvalue weighted by Gasteiger charge is 2.69. The standard InChI is InChI=1S/C24H19FN2O4S/c1-16-6-12-19(13-7-16)27-22(28)15-32(30,31)24(27)20-4-2-3-5-21(20)26(23(24)29)14-17-8-10-18(25)11-9-17/h2-13H,14-15H2,1H3/t24-/m1/s1. The molecule has 8 heteroatoms. The number of fused-ring (bicyclic) bond motifs is 2. The van der Waals surface area contributed by atoms with E-state index >= 15 is 0 Å². The molecule has 162 valence electrons. The van der Waals surface area contributed by atoms with Crippen molar-refractivity contribution >= 4 is 33.0 Å². The minimum Gasteiger partial charge on any atom is -0.304 e. The van der Waals surface area contributed by atoms with Crippen LogP contribution in [0.4, 0.5) is 15.8 Å². The van der Waals surface area contributed by atoms with E-state index in [0.29, 0.717) is 16.9 Å². The largest absolute Gasteiger partial charge is 0.304 e. The molecule has 2 amide bonds. The third-order valence-corrected chi connectivity index (χ3v) is 8.07. The Morgan fingerprint density at radius 3 is 2.28 bits per heavy atom. The molecule has 0 N–H and O–H groups in total. The molecule has 0 radical (unpaired) electrons. The SMILES string of the molecule is Cc1ccc(N2C(=O)CS(=O)(=O)[C@]23C(=O)N(Cc2ccc(F)cc2)c2ccccc23)cc1. The number of carbonyl (C=O) groups excluding carboxylic acids is 2. The van der Waals surface area contributed by atoms with Gasteiger partial charge in [-0.25, -0.2) is 12.8 Å². The maximum Gasteiger partial charge on any atom is 0.274 e. The molecule has 0 unspecified atom stereocenters. The molecule has 32 heavy (non-hydrogen) atoms. The van der Waals surface area contributed by atoms with E-state index in [9.17, 15) is 22.4 Å². The molecule has 1 fully saturated rings. The minimum atomic E-state index is -4.21. The molecular formula is C24H19FN2O4S. The van der Waals surface area contributed by atoms with E-state index in [1.807, 2.05) is 6.92 Å². The Kier molecular flexibility index (Phi) is 4.46. The highest BCUT2D eigenvalue weighted by Crippen LogP contribution is 2.52. The van der Waals surface area contributed by atoms with Gasteiger partial charge in [-0.3, -0.25) is 14.5 Å². The van der Waals surface area contributed by atoms with Crippen LogP contribution >= 0.6 is 0 Å². The zero-order chi connectivity index (χ0) is 22.7. The smallest absolute Gasteiger partial charge is 0.274 e. The van der Waals surface area contributed by atoms with Crippen molar-refractivity contribution < 1.29 is 22.4 Å². The maximum atomic E-state index is 13.9. The van der Waals surface area contributed by atoms with Gasteiger partial charge in [-0.2, -0.15) is 0 Å². The Morgan fingerprint density at radius 1 is 0.938 bits per heavy atom. The van der Waals surface area contributed by atoms with Crippen LogP contribution in [0, 0.1) is 12.7 Å². The Bertz CT molecular complexity index is 1350. The van der Waals surface area contributed by atoms with Crippen LogP contribution in [0.3, 0.4) is 0 Å². The lowest BCUT2D eigenvalue weighted by Gasteiger charge is -2.32. The molecule has 6 nitrogen and oxygen atoms in total. The second-order valence-electron chi connectivity index (χ2n) is 8.00. The van der Waals surface area contributed by atoms with Crippen molar-refractivity contribution in [1.82, 2.24) is 0 Å². The number of rotatable bonds is 3. The molecule has 2 aliphatic rings. The number of para-hydroxylation sites is 1. The first-order valence-corrected chi connectivity index (χ1v) is 11.7. The van der Waals surface area contributed by atoms with E-state index in [1.165, 1.54) is 17.0 Å². The fourth-order valence-corrected chi connectivity index (χ4v) is 6.55. The normalized spacial score (nSPS) is 21.4. The topological polar surface area (TPSA) is 74.8 Å². The van der Waals surface area contributed by atoms with Gasteiger partial charge >= 0.3 is 0 Å². The zero-order valence-electron chi connectivity index (χ0n) is 17.2. The van der Waals surface area contributed by atoms with Crippen molar-refractivity contribution in [3.8, 4) is 0 Å². The summed E-state index contributed by atoms with van der Waals surface area (Å²) >= 11 is 0. The first-order valence-electron chi connectivity index (χ1n) is 10.0. The number of aryl methyl sites for hydroxylation is 1. The van der Waals surface area contributed by atoms with Gasteiger partial charge < -0.3 is 4.90 Å². The van der Waals surface area contributed by atoms with Gasteiger partial charge in [0.2, 0.25) is 5.91 Å². The number of nitrogens with zero attached hydrogens (tertiary/aromatic N) is 2. The molecule has 0 aliphatic carbocycles. The minimum absolute atomic E-state index is 0.0450. The number of carbonyl (C=O) groups is 2. The van der Waals surface area contributed by atoms with Crippen LogP contribution in [0.2, 0.25) is 0 Å². The Morgan fingerprint density at radius 2 is 1.59 bits per heavy atom. The molecule has 1 spiro atoms. The van der Waals surface area contributed by atoms with Crippen LogP contribution < -0.4 is 9.80 Å². The fraction of sp³-hybridized carbons (Fsp3) is 0.167. The van der Waals surface area contributed by atoms with Crippen LogP contribution in [-0.4, -0.2) is 26.0 Å². The summed E-state index contributed by atoms with van der Waals surface area (Å²) in [6, 6.07) is 19.1. The lowest BCUT2D eigenvalue weighted by Crippen LogP contribution is -2.54. The predicted molar refractivity (Wildman–Crippen MR) is 118 cm³/mol. The molecular weight excluding hydrogens is 431 g/mol. The lowest BCUT2D eigenvalue weighted by atomic mass is 10.0. The number of amides is 2. The number of anilines is 2. The van der Waals surface area contributed by atoms with Gasteiger partial charge in [-0.1, -0.05) is 48.0 Å². The van der Waals surface area contributed by atoms with Crippen LogP contribution in [0.25, 0.3) is 0 Å². The van der Waals surface area contributed by atoms with Gasteiger partial charge in [0.25, 0.3) is 10.8 Å². The molecule has 0 aromatic heterocycles. The van der Waals surface area contributed by atoms with Crippen molar-refractivity contribution in [2.75, 3.05) is 15.6 Å². The second kappa shape index (κ2) is 7.00. The summed E-state index contributed by atoms with van der Waals surface area (Å²) in [5.74, 6) is -2.53. The van der Waals surface area contributed by atoms with Crippen LogP contribution in [0.5, 0.6) is 0 Å². The van der Waals surface area contributed by atoms with E-state index in [1.54, 1.807) is 60.7 Å². The Labute approximate surface area is 184 Å². The lowest BCUT2D eigenvalue weighted by molar-refractivity contribution is -0.123. The highest BCUT2D eigenvalue weighted by atomic mass is 32.2. The van der Waals surface area contributed by atoms with E-state index in [4.69, 9.17) is 0 Å². The third kappa shape index (κ3) is 2.72. The Hall–Kier alpha value is -3.52. The number of halogens is 1.